The molecule has 0 atom stereocenters. The molecule has 0 aliphatic heterocycles. The molecule has 0 saturated heterocycles. The molecule has 0 amide bonds. The average molecular weight is 345 g/mol. The van der Waals surface area contributed by atoms with Crippen LogP contribution in [0, 0.1) is 0 Å². The molecular formula is C12H16ClF3N2O2S. The van der Waals surface area contributed by atoms with Gasteiger partial charge < -0.3 is 5.32 Å². The number of halogens is 4. The van der Waals surface area contributed by atoms with Crippen molar-refractivity contribution in [3.05, 3.63) is 28.8 Å². The maximum Gasteiger partial charge on any atom is 0.402 e. The number of nitrogens with zero attached hydrogens (tertiary/aromatic N) is 1. The smallest absolute Gasteiger partial charge is 0.313 e. The average Bonchev–Trinajstić information content (AvgIpc) is 2.35. The van der Waals surface area contributed by atoms with Crippen LogP contribution in [0.15, 0.2) is 23.1 Å². The highest BCUT2D eigenvalue weighted by Crippen LogP contribution is 2.25. The van der Waals surface area contributed by atoms with E-state index in [2.05, 4.69) is 5.32 Å². The number of hydrogen-bond acceptors (Lipinski definition) is 3. The lowest BCUT2D eigenvalue weighted by Gasteiger charge is -2.19. The lowest BCUT2D eigenvalue weighted by Crippen LogP contribution is -2.35. The number of nitrogens with one attached hydrogen (secondary N) is 1. The van der Waals surface area contributed by atoms with E-state index in [-0.39, 0.29) is 14.2 Å². The normalized spacial score (nSPS) is 12.9. The van der Waals surface area contributed by atoms with E-state index in [0.29, 0.717) is 18.7 Å². The number of hydrogen-bond donors (Lipinski definition) is 1. The van der Waals surface area contributed by atoms with Crippen LogP contribution in [0.5, 0.6) is 0 Å². The molecule has 0 fully saturated rings. The maximum absolute atomic E-state index is 12.3. The van der Waals surface area contributed by atoms with Crippen LogP contribution in [0.3, 0.4) is 0 Å². The first kappa shape index (κ1) is 18.2. The van der Waals surface area contributed by atoms with Gasteiger partial charge in [-0.15, -0.1) is 0 Å². The van der Waals surface area contributed by atoms with Crippen molar-refractivity contribution in [1.82, 2.24) is 9.62 Å². The summed E-state index contributed by atoms with van der Waals surface area (Å²) >= 11 is 5.96. The van der Waals surface area contributed by atoms with E-state index in [4.69, 9.17) is 11.6 Å². The van der Waals surface area contributed by atoms with Gasteiger partial charge in [0.1, 0.15) is 6.54 Å². The Morgan fingerprint density at radius 2 is 1.95 bits per heavy atom. The minimum Gasteiger partial charge on any atom is -0.313 e. The van der Waals surface area contributed by atoms with Crippen molar-refractivity contribution >= 4 is 21.6 Å². The van der Waals surface area contributed by atoms with Crippen LogP contribution in [0.2, 0.25) is 5.02 Å². The zero-order valence-electron chi connectivity index (χ0n) is 11.5. The number of sulfonamides is 1. The number of benzene rings is 1. The first-order valence-electron chi connectivity index (χ1n) is 6.10. The van der Waals surface area contributed by atoms with Gasteiger partial charge in [0.15, 0.2) is 0 Å². The topological polar surface area (TPSA) is 49.4 Å². The van der Waals surface area contributed by atoms with E-state index in [0.717, 1.165) is 13.1 Å². The fourth-order valence-electron chi connectivity index (χ4n) is 1.61. The Bertz CT molecular complexity index is 591. The quantitative estimate of drug-likeness (QED) is 0.863. The SMILES string of the molecule is CCNCc1ccc(S(=O)(=O)N(C)CC(F)(F)F)cc1Cl. The third-order valence-corrected chi connectivity index (χ3v) is 4.85. The molecule has 0 spiro atoms. The predicted molar refractivity (Wildman–Crippen MR) is 74.7 cm³/mol. The van der Waals surface area contributed by atoms with Gasteiger partial charge in [0.05, 0.1) is 4.90 Å². The second-order valence-corrected chi connectivity index (χ2v) is 6.86. The molecule has 0 unspecified atom stereocenters. The van der Waals surface area contributed by atoms with Crippen LogP contribution in [-0.4, -0.2) is 39.0 Å². The zero-order valence-corrected chi connectivity index (χ0v) is 13.1. The highest BCUT2D eigenvalue weighted by molar-refractivity contribution is 7.89. The molecule has 1 N–H and O–H groups in total. The third kappa shape index (κ3) is 5.14. The fraction of sp³-hybridized carbons (Fsp3) is 0.500. The van der Waals surface area contributed by atoms with E-state index in [1.807, 2.05) is 6.92 Å². The summed E-state index contributed by atoms with van der Waals surface area (Å²) in [6, 6.07) is 3.90. The van der Waals surface area contributed by atoms with Gasteiger partial charge in [0, 0.05) is 18.6 Å². The predicted octanol–water partition coefficient (Wildman–Crippen LogP) is 2.63. The second kappa shape index (κ2) is 6.95. The van der Waals surface area contributed by atoms with Crippen molar-refractivity contribution in [2.24, 2.45) is 0 Å². The summed E-state index contributed by atoms with van der Waals surface area (Å²) in [5.41, 5.74) is 0.677. The monoisotopic (exact) mass is 344 g/mol. The van der Waals surface area contributed by atoms with Gasteiger partial charge >= 0.3 is 6.18 Å². The minimum absolute atomic E-state index is 0.192. The summed E-state index contributed by atoms with van der Waals surface area (Å²) in [6.07, 6.45) is -4.60. The molecule has 0 aliphatic rings. The molecule has 1 rings (SSSR count). The molecule has 0 heterocycles. The Morgan fingerprint density at radius 1 is 1.33 bits per heavy atom. The van der Waals surface area contributed by atoms with Gasteiger partial charge in [0.2, 0.25) is 10.0 Å². The highest BCUT2D eigenvalue weighted by Gasteiger charge is 2.34. The first-order valence-corrected chi connectivity index (χ1v) is 7.92. The molecule has 120 valence electrons. The summed E-state index contributed by atoms with van der Waals surface area (Å²) in [6.45, 7) is 1.52. The Kier molecular flexibility index (Phi) is 6.03. The van der Waals surface area contributed by atoms with Crippen molar-refractivity contribution in [2.45, 2.75) is 24.5 Å². The Hall–Kier alpha value is -0.830. The van der Waals surface area contributed by atoms with Crippen LogP contribution in [0.25, 0.3) is 0 Å². The van der Waals surface area contributed by atoms with Crippen LogP contribution >= 0.6 is 11.6 Å². The largest absolute Gasteiger partial charge is 0.402 e. The highest BCUT2D eigenvalue weighted by atomic mass is 35.5. The number of rotatable bonds is 6. The lowest BCUT2D eigenvalue weighted by atomic mass is 10.2. The summed E-state index contributed by atoms with van der Waals surface area (Å²) < 4.78 is 61.2. The summed E-state index contributed by atoms with van der Waals surface area (Å²) in [4.78, 5) is -0.264. The van der Waals surface area contributed by atoms with Crippen molar-refractivity contribution in [3.63, 3.8) is 0 Å². The molecule has 0 aromatic heterocycles. The van der Waals surface area contributed by atoms with Gasteiger partial charge in [-0.3, -0.25) is 0 Å². The van der Waals surface area contributed by atoms with Gasteiger partial charge in [-0.25, -0.2) is 8.42 Å². The molecule has 4 nitrogen and oxygen atoms in total. The maximum atomic E-state index is 12.3. The second-order valence-electron chi connectivity index (χ2n) is 4.41. The molecule has 0 bridgehead atoms. The summed E-state index contributed by atoms with van der Waals surface area (Å²) in [5.74, 6) is 0. The summed E-state index contributed by atoms with van der Waals surface area (Å²) in [5, 5.41) is 3.22. The molecule has 0 radical (unpaired) electrons. The van der Waals surface area contributed by atoms with Crippen LogP contribution in [0.1, 0.15) is 12.5 Å². The molecule has 0 aliphatic carbocycles. The van der Waals surface area contributed by atoms with E-state index < -0.39 is 22.7 Å². The lowest BCUT2D eigenvalue weighted by molar-refractivity contribution is -0.134. The Morgan fingerprint density at radius 3 is 2.43 bits per heavy atom. The van der Waals surface area contributed by atoms with Crippen LogP contribution in [-0.2, 0) is 16.6 Å². The van der Waals surface area contributed by atoms with Gasteiger partial charge in [0.25, 0.3) is 0 Å². The Balaban J connectivity index is 3.01. The fourth-order valence-corrected chi connectivity index (χ4v) is 3.10. The molecule has 1 aromatic rings. The van der Waals surface area contributed by atoms with Gasteiger partial charge in [-0.1, -0.05) is 24.6 Å². The molecule has 1 aromatic carbocycles. The molecule has 9 heteroatoms. The van der Waals surface area contributed by atoms with Crippen LogP contribution < -0.4 is 5.32 Å². The standard InChI is InChI=1S/C12H16ClF3N2O2S/c1-3-17-7-9-4-5-10(6-11(9)13)21(19,20)18(2)8-12(14,15)16/h4-6,17H,3,7-8H2,1-2H3. The zero-order chi connectivity index (χ0) is 16.3. The van der Waals surface area contributed by atoms with Crippen molar-refractivity contribution < 1.29 is 21.6 Å². The van der Waals surface area contributed by atoms with E-state index in [1.165, 1.54) is 12.1 Å². The number of alkyl halides is 3. The van der Waals surface area contributed by atoms with E-state index in [9.17, 15) is 21.6 Å². The minimum atomic E-state index is -4.60. The van der Waals surface area contributed by atoms with Crippen LogP contribution in [0.4, 0.5) is 13.2 Å². The molecule has 0 saturated carbocycles. The van der Waals surface area contributed by atoms with Crippen molar-refractivity contribution in [1.29, 1.82) is 0 Å². The molecular weight excluding hydrogens is 329 g/mol. The Labute approximate surface area is 126 Å². The summed E-state index contributed by atoms with van der Waals surface area (Å²) in [7, 11) is -3.35. The third-order valence-electron chi connectivity index (χ3n) is 2.70. The first-order chi connectivity index (χ1) is 9.58. The van der Waals surface area contributed by atoms with Gasteiger partial charge in [-0.2, -0.15) is 17.5 Å². The van der Waals surface area contributed by atoms with Gasteiger partial charge in [-0.05, 0) is 24.2 Å². The van der Waals surface area contributed by atoms with Crippen molar-refractivity contribution in [2.75, 3.05) is 20.1 Å². The van der Waals surface area contributed by atoms with Crippen molar-refractivity contribution in [3.8, 4) is 0 Å². The van der Waals surface area contributed by atoms with E-state index >= 15 is 0 Å². The van der Waals surface area contributed by atoms with E-state index in [1.54, 1.807) is 0 Å². The molecule has 21 heavy (non-hydrogen) atoms.